The predicted octanol–water partition coefficient (Wildman–Crippen LogP) is 3.06. The number of hydrogen-bond donors (Lipinski definition) is 14. The molecule has 0 spiro atoms. The SMILES string of the molecule is O=Cc1cc(C(=O)NCCCCC2CN3CCNC(=O)c4cccc(c4O)C(=O)NCCN(CCNC(=O)c4cccc(c4O)C(=O)N2)CCN2CCNC(=O)c4cccc(c4O)C(=O)NCCN(CCNC(=O)c4cccc(c4O)C(=O)NCC2)CC3)ccc1-c1c2ccc(=O)cc-2oc2cc(O)ccc12. The molecule has 12 bridgehead atoms. The third-order valence-corrected chi connectivity index (χ3v) is 19.0. The van der Waals surface area contributed by atoms with Crippen molar-refractivity contribution >= 4 is 70.4 Å². The molecule has 5 heterocycles. The van der Waals surface area contributed by atoms with Crippen LogP contribution in [0.15, 0.2) is 137 Å². The quantitative estimate of drug-likeness (QED) is 0.0590. The van der Waals surface area contributed by atoms with E-state index in [-0.39, 0.29) is 215 Å². The molecular formula is C77H83N13O17. The molecule has 14 N–H and O–H groups in total. The van der Waals surface area contributed by atoms with Crippen LogP contribution < -0.4 is 53.3 Å². The number of phenolic OH excluding ortho intramolecular Hbond substituents is 5. The normalized spacial score (nSPS) is 19.6. The van der Waals surface area contributed by atoms with Gasteiger partial charge in [-0.25, -0.2) is 0 Å². The Labute approximate surface area is 613 Å². The zero-order valence-corrected chi connectivity index (χ0v) is 58.5. The summed E-state index contributed by atoms with van der Waals surface area (Å²) in [4.78, 5) is 160. The van der Waals surface area contributed by atoms with Crippen molar-refractivity contribution in [2.75, 3.05) is 131 Å². The Morgan fingerprint density at radius 2 is 0.804 bits per heavy atom. The molecule has 6 aromatic rings. The molecule has 0 fully saturated rings. The van der Waals surface area contributed by atoms with Crippen molar-refractivity contribution in [2.45, 2.75) is 25.3 Å². The number of carbonyl (C=O) groups is 10. The number of carbonyl (C=O) groups excluding carboxylic acids is 10. The van der Waals surface area contributed by atoms with E-state index in [1.807, 2.05) is 19.6 Å². The zero-order chi connectivity index (χ0) is 75.7. The van der Waals surface area contributed by atoms with E-state index < -0.39 is 82.2 Å². The average Bonchev–Trinajstić information content (AvgIpc) is 0.748. The number of nitrogens with zero attached hydrogens (tertiary/aromatic N) is 4. The fourth-order valence-electron chi connectivity index (χ4n) is 13.2. The van der Waals surface area contributed by atoms with Gasteiger partial charge in [-0.2, -0.15) is 0 Å². The molecule has 0 radical (unpaired) electrons. The minimum Gasteiger partial charge on any atom is -0.508 e. The van der Waals surface area contributed by atoms with Crippen LogP contribution in [0.1, 0.15) is 123 Å². The maximum absolute atomic E-state index is 14.8. The number of para-hydroxylation sites is 4. The van der Waals surface area contributed by atoms with Gasteiger partial charge in [0.2, 0.25) is 0 Å². The van der Waals surface area contributed by atoms with Crippen LogP contribution in [0.3, 0.4) is 0 Å². The van der Waals surface area contributed by atoms with Crippen LogP contribution in [-0.4, -0.2) is 242 Å². The number of unbranched alkanes of at least 4 members (excludes halogenated alkanes) is 1. The molecule has 6 aromatic carbocycles. The third kappa shape index (κ3) is 18.8. The van der Waals surface area contributed by atoms with Crippen molar-refractivity contribution in [1.82, 2.24) is 67.5 Å². The minimum atomic E-state index is -0.800. The number of hydrogen-bond acceptors (Lipinski definition) is 21. The summed E-state index contributed by atoms with van der Waals surface area (Å²) in [6, 6.07) is 29.3. The monoisotopic (exact) mass is 1460 g/mol. The lowest BCUT2D eigenvalue weighted by Gasteiger charge is -2.31. The maximum atomic E-state index is 14.8. The Bertz CT molecular complexity index is 4650. The molecule has 0 saturated carbocycles. The first-order valence-corrected chi connectivity index (χ1v) is 35.3. The summed E-state index contributed by atoms with van der Waals surface area (Å²) in [7, 11) is 0. The van der Waals surface area contributed by atoms with Crippen molar-refractivity contribution in [1.29, 1.82) is 0 Å². The zero-order valence-electron chi connectivity index (χ0n) is 58.5. The standard InChI is InChI=1S/C77H83N13O17/c91-45-47-41-46(16-19-51(47)64-52-20-17-49(92)42-62(52)107-63-43-50(93)18-21-53(63)64)69(98)78-22-2-1-7-48-44-90-36-29-85-75(104)59-13-5-12-58(67(59)96)72(101)81-25-32-88(33-26-84-76(105)60-14-6-15-61(68(60)97)77(106)86-48)38-37-87-30-23-79-70(99)54-8-3-10-56(65(54)94)73(102)82-27-34-89(39-40-90)35-28-83-74(103)57-11-4-9-55(66(57)95)71(100)80-24-31-87/h3-6,8-21,41-43,45,48,92,94-97H,1-2,7,22-40,44H2,(H,78,98)(H,79,99)(H,80,100)(H,81,101)(H,82,102)(H,83,103)(H,84,105)(H,85,104)(H,86,106). The topological polar surface area (TPSA) is 423 Å². The van der Waals surface area contributed by atoms with Crippen LogP contribution in [-0.2, 0) is 0 Å². The Balaban J connectivity index is 0.919. The fraction of sp³-hybridized carbons (Fsp3) is 0.312. The second-order valence-corrected chi connectivity index (χ2v) is 26.1. The Morgan fingerprint density at radius 1 is 0.421 bits per heavy atom. The number of aromatic hydroxyl groups is 5. The summed E-state index contributed by atoms with van der Waals surface area (Å²) in [5.74, 6) is -8.38. The lowest BCUT2D eigenvalue weighted by molar-refractivity contribution is 0.0895. The predicted molar refractivity (Wildman–Crippen MR) is 394 cm³/mol. The third-order valence-electron chi connectivity index (χ3n) is 19.0. The van der Waals surface area contributed by atoms with Gasteiger partial charge < -0.3 is 77.8 Å². The number of fused-ring (bicyclic) bond motifs is 18. The maximum Gasteiger partial charge on any atom is 0.255 e. The van der Waals surface area contributed by atoms with Gasteiger partial charge in [-0.3, -0.25) is 72.3 Å². The molecule has 12 rings (SSSR count). The summed E-state index contributed by atoms with van der Waals surface area (Å²) >= 11 is 0. The highest BCUT2D eigenvalue weighted by Crippen LogP contribution is 2.42. The molecule has 107 heavy (non-hydrogen) atoms. The first-order chi connectivity index (χ1) is 51.7. The van der Waals surface area contributed by atoms with Crippen molar-refractivity contribution in [3.8, 4) is 51.2 Å². The van der Waals surface area contributed by atoms with E-state index in [9.17, 15) is 78.3 Å². The van der Waals surface area contributed by atoms with Gasteiger partial charge in [-0.05, 0) is 110 Å². The first kappa shape index (κ1) is 75.9. The summed E-state index contributed by atoms with van der Waals surface area (Å²) in [6.07, 6.45) is 1.51. The number of rotatable bonds is 8. The lowest BCUT2D eigenvalue weighted by atomic mass is 9.90. The van der Waals surface area contributed by atoms with Crippen molar-refractivity contribution in [2.24, 2.45) is 0 Å². The first-order valence-electron chi connectivity index (χ1n) is 35.3. The van der Waals surface area contributed by atoms with Gasteiger partial charge in [0, 0.05) is 177 Å². The Morgan fingerprint density at radius 3 is 1.21 bits per heavy atom. The smallest absolute Gasteiger partial charge is 0.255 e. The van der Waals surface area contributed by atoms with Crippen LogP contribution in [0.4, 0.5) is 0 Å². The van der Waals surface area contributed by atoms with E-state index in [1.165, 1.54) is 103 Å². The van der Waals surface area contributed by atoms with Crippen LogP contribution in [0.5, 0.6) is 28.7 Å². The summed E-state index contributed by atoms with van der Waals surface area (Å²) in [5, 5.41) is 83.1. The van der Waals surface area contributed by atoms with Gasteiger partial charge >= 0.3 is 0 Å². The van der Waals surface area contributed by atoms with E-state index in [1.54, 1.807) is 24.3 Å². The number of nitrogens with one attached hydrogen (secondary N) is 9. The molecular weight excluding hydrogens is 1380 g/mol. The van der Waals surface area contributed by atoms with Crippen LogP contribution >= 0.6 is 0 Å². The Kier molecular flexibility index (Phi) is 25.2. The number of benzene rings is 7. The van der Waals surface area contributed by atoms with E-state index in [4.69, 9.17) is 4.42 Å². The van der Waals surface area contributed by atoms with Gasteiger partial charge in [0.15, 0.2) is 11.7 Å². The minimum absolute atomic E-state index is 0.0119. The second-order valence-electron chi connectivity index (χ2n) is 26.1. The molecule has 30 nitrogen and oxygen atoms in total. The van der Waals surface area contributed by atoms with Gasteiger partial charge in [-0.1, -0.05) is 30.3 Å². The van der Waals surface area contributed by atoms with Gasteiger partial charge in [-0.15, -0.1) is 0 Å². The summed E-state index contributed by atoms with van der Waals surface area (Å²) in [6.45, 7) is 1.31. The molecule has 558 valence electrons. The molecule has 30 heteroatoms. The van der Waals surface area contributed by atoms with E-state index in [2.05, 4.69) is 47.9 Å². The van der Waals surface area contributed by atoms with Crippen LogP contribution in [0.25, 0.3) is 33.4 Å². The summed E-state index contributed by atoms with van der Waals surface area (Å²) < 4.78 is 6.00. The lowest BCUT2D eigenvalue weighted by Crippen LogP contribution is -2.49. The fourth-order valence-corrected chi connectivity index (χ4v) is 13.2. The van der Waals surface area contributed by atoms with Gasteiger partial charge in [0.1, 0.15) is 40.1 Å². The molecule has 0 saturated heterocycles. The highest BCUT2D eigenvalue weighted by molar-refractivity contribution is 6.09. The largest absolute Gasteiger partial charge is 0.508 e. The molecule has 0 aromatic heterocycles. The summed E-state index contributed by atoms with van der Waals surface area (Å²) in [5.41, 5.74) is 0.145. The van der Waals surface area contributed by atoms with Crippen LogP contribution in [0.2, 0.25) is 0 Å². The molecule has 3 atom stereocenters. The van der Waals surface area contributed by atoms with E-state index >= 15 is 0 Å². The van der Waals surface area contributed by atoms with Gasteiger partial charge in [0.05, 0.1) is 44.5 Å². The second kappa shape index (κ2) is 35.5. The molecule has 6 aliphatic rings. The van der Waals surface area contributed by atoms with Crippen molar-refractivity contribution in [3.05, 3.63) is 193 Å². The number of phenols is 5. The Hall–Kier alpha value is -12.3. The van der Waals surface area contributed by atoms with Crippen molar-refractivity contribution < 1.29 is 77.9 Å². The molecule has 1 aliphatic carbocycles. The number of aldehydes is 1. The van der Waals surface area contributed by atoms with Gasteiger partial charge in [0.25, 0.3) is 53.2 Å². The van der Waals surface area contributed by atoms with E-state index in [0.29, 0.717) is 41.2 Å². The molecule has 5 aliphatic heterocycles. The van der Waals surface area contributed by atoms with E-state index in [0.717, 1.165) is 0 Å². The highest BCUT2D eigenvalue weighted by Gasteiger charge is 2.29. The van der Waals surface area contributed by atoms with Crippen LogP contribution in [0, 0.1) is 0 Å². The molecule has 9 amide bonds. The number of amides is 9. The van der Waals surface area contributed by atoms with Crippen molar-refractivity contribution in [3.63, 3.8) is 0 Å². The highest BCUT2D eigenvalue weighted by atomic mass is 16.3. The molecule has 3 unspecified atom stereocenters. The average molecular weight is 1460 g/mol.